The Kier molecular flexibility index (Phi) is 4.39. The van der Waals surface area contributed by atoms with E-state index in [0.29, 0.717) is 13.2 Å². The second kappa shape index (κ2) is 6.02. The van der Waals surface area contributed by atoms with E-state index in [4.69, 9.17) is 10.5 Å². The fourth-order valence-electron chi connectivity index (χ4n) is 1.61. The lowest BCUT2D eigenvalue weighted by Crippen LogP contribution is -2.04. The molecule has 2 aromatic rings. The van der Waals surface area contributed by atoms with Crippen LogP contribution < -0.4 is 10.5 Å². The van der Waals surface area contributed by atoms with Crippen molar-refractivity contribution < 1.29 is 4.74 Å². The molecule has 0 aliphatic heterocycles. The van der Waals surface area contributed by atoms with E-state index in [-0.39, 0.29) is 0 Å². The van der Waals surface area contributed by atoms with Crippen molar-refractivity contribution in [1.29, 1.82) is 0 Å². The molecule has 2 rings (SSSR count). The van der Waals surface area contributed by atoms with Crippen LogP contribution in [0.15, 0.2) is 48.5 Å². The summed E-state index contributed by atoms with van der Waals surface area (Å²) < 4.78 is 6.92. The third kappa shape index (κ3) is 3.20. The first-order valence-electron chi connectivity index (χ1n) is 5.45. The Morgan fingerprint density at radius 3 is 2.29 bits per heavy atom. The molecule has 2 nitrogen and oxygen atoms in total. The summed E-state index contributed by atoms with van der Waals surface area (Å²) in [6.45, 7) is 1.11. The Balaban J connectivity index is 2.10. The quantitative estimate of drug-likeness (QED) is 0.868. The molecule has 2 N–H and O–H groups in total. The standard InChI is InChI=1S/C14H14INO/c15-13-7-3-4-8-14(13)17-10-12-6-2-1-5-11(12)9-16/h1-8H,9-10,16H2. The fourth-order valence-corrected chi connectivity index (χ4v) is 2.16. The van der Waals surface area contributed by atoms with Crippen LogP contribution in [0.5, 0.6) is 5.75 Å². The molecule has 0 unspecified atom stereocenters. The molecule has 0 aromatic heterocycles. The molecular weight excluding hydrogens is 325 g/mol. The Hall–Kier alpha value is -1.07. The SMILES string of the molecule is NCc1ccccc1COc1ccccc1I. The van der Waals surface area contributed by atoms with E-state index in [9.17, 15) is 0 Å². The van der Waals surface area contributed by atoms with Gasteiger partial charge in [-0.15, -0.1) is 0 Å². The molecule has 3 heteroatoms. The summed E-state index contributed by atoms with van der Waals surface area (Å²) in [6, 6.07) is 16.1. The van der Waals surface area contributed by atoms with Gasteiger partial charge in [0.2, 0.25) is 0 Å². The predicted molar refractivity (Wildman–Crippen MR) is 77.8 cm³/mol. The van der Waals surface area contributed by atoms with Gasteiger partial charge in [0.25, 0.3) is 0 Å². The minimum atomic E-state index is 0.547. The molecule has 0 bridgehead atoms. The van der Waals surface area contributed by atoms with Gasteiger partial charge in [0, 0.05) is 6.54 Å². The van der Waals surface area contributed by atoms with E-state index in [2.05, 4.69) is 28.7 Å². The van der Waals surface area contributed by atoms with Crippen molar-refractivity contribution in [2.24, 2.45) is 5.73 Å². The molecule has 0 fully saturated rings. The van der Waals surface area contributed by atoms with Crippen LogP contribution in [0, 0.1) is 3.57 Å². The lowest BCUT2D eigenvalue weighted by molar-refractivity contribution is 0.303. The molecule has 2 aromatic carbocycles. The molecular formula is C14H14INO. The molecule has 0 atom stereocenters. The van der Waals surface area contributed by atoms with Crippen LogP contribution in [0.2, 0.25) is 0 Å². The van der Waals surface area contributed by atoms with Crippen molar-refractivity contribution in [3.05, 3.63) is 63.2 Å². The number of para-hydroxylation sites is 1. The fraction of sp³-hybridized carbons (Fsp3) is 0.143. The molecule has 0 saturated carbocycles. The second-order valence-electron chi connectivity index (χ2n) is 3.69. The monoisotopic (exact) mass is 339 g/mol. The summed E-state index contributed by atoms with van der Waals surface area (Å²) in [5.74, 6) is 0.917. The van der Waals surface area contributed by atoms with Gasteiger partial charge in [-0.25, -0.2) is 0 Å². The van der Waals surface area contributed by atoms with E-state index >= 15 is 0 Å². The van der Waals surface area contributed by atoms with Gasteiger partial charge in [0.15, 0.2) is 0 Å². The second-order valence-corrected chi connectivity index (χ2v) is 4.85. The number of hydrogen-bond acceptors (Lipinski definition) is 2. The topological polar surface area (TPSA) is 35.2 Å². The van der Waals surface area contributed by atoms with Crippen LogP contribution in [-0.2, 0) is 13.2 Å². The van der Waals surface area contributed by atoms with Crippen LogP contribution in [0.4, 0.5) is 0 Å². The molecule has 0 aliphatic rings. The Morgan fingerprint density at radius 2 is 1.59 bits per heavy atom. The average molecular weight is 339 g/mol. The maximum Gasteiger partial charge on any atom is 0.133 e. The van der Waals surface area contributed by atoms with Crippen molar-refractivity contribution in [3.8, 4) is 5.75 Å². The summed E-state index contributed by atoms with van der Waals surface area (Å²) in [5.41, 5.74) is 7.98. The van der Waals surface area contributed by atoms with Gasteiger partial charge in [-0.3, -0.25) is 0 Å². The zero-order chi connectivity index (χ0) is 12.1. The summed E-state index contributed by atoms with van der Waals surface area (Å²) >= 11 is 2.27. The Labute approximate surface area is 115 Å². The van der Waals surface area contributed by atoms with Gasteiger partial charge < -0.3 is 10.5 Å². The first-order valence-corrected chi connectivity index (χ1v) is 6.53. The molecule has 0 heterocycles. The highest BCUT2D eigenvalue weighted by Crippen LogP contribution is 2.21. The Bertz CT molecular complexity index is 499. The summed E-state index contributed by atoms with van der Waals surface area (Å²) in [6.07, 6.45) is 0. The number of nitrogens with two attached hydrogens (primary N) is 1. The molecule has 0 saturated heterocycles. The van der Waals surface area contributed by atoms with Gasteiger partial charge in [-0.1, -0.05) is 36.4 Å². The van der Waals surface area contributed by atoms with Crippen molar-refractivity contribution >= 4 is 22.6 Å². The van der Waals surface area contributed by atoms with E-state index in [0.717, 1.165) is 20.4 Å². The number of halogens is 1. The summed E-state index contributed by atoms with van der Waals surface area (Å²) in [4.78, 5) is 0. The summed E-state index contributed by atoms with van der Waals surface area (Å²) in [7, 11) is 0. The third-order valence-corrected chi connectivity index (χ3v) is 3.45. The predicted octanol–water partition coefficient (Wildman–Crippen LogP) is 3.33. The van der Waals surface area contributed by atoms with Crippen LogP contribution in [0.25, 0.3) is 0 Å². The van der Waals surface area contributed by atoms with Crippen LogP contribution in [0.3, 0.4) is 0 Å². The van der Waals surface area contributed by atoms with Gasteiger partial charge in [-0.05, 0) is 45.9 Å². The van der Waals surface area contributed by atoms with E-state index in [1.165, 1.54) is 0 Å². The smallest absolute Gasteiger partial charge is 0.133 e. The lowest BCUT2D eigenvalue weighted by atomic mass is 10.1. The normalized spacial score (nSPS) is 10.2. The molecule has 0 amide bonds. The van der Waals surface area contributed by atoms with Gasteiger partial charge in [0.1, 0.15) is 12.4 Å². The van der Waals surface area contributed by atoms with Crippen molar-refractivity contribution in [1.82, 2.24) is 0 Å². The number of ether oxygens (including phenoxy) is 1. The van der Waals surface area contributed by atoms with Gasteiger partial charge in [-0.2, -0.15) is 0 Å². The van der Waals surface area contributed by atoms with Crippen molar-refractivity contribution in [3.63, 3.8) is 0 Å². The minimum absolute atomic E-state index is 0.547. The third-order valence-electron chi connectivity index (χ3n) is 2.56. The van der Waals surface area contributed by atoms with Crippen molar-refractivity contribution in [2.75, 3.05) is 0 Å². The first kappa shape index (κ1) is 12.4. The molecule has 0 radical (unpaired) electrons. The highest BCUT2D eigenvalue weighted by molar-refractivity contribution is 14.1. The zero-order valence-electron chi connectivity index (χ0n) is 9.40. The van der Waals surface area contributed by atoms with Crippen LogP contribution in [0.1, 0.15) is 11.1 Å². The molecule has 88 valence electrons. The zero-order valence-corrected chi connectivity index (χ0v) is 11.6. The summed E-state index contributed by atoms with van der Waals surface area (Å²) in [5, 5.41) is 0. The van der Waals surface area contributed by atoms with Gasteiger partial charge >= 0.3 is 0 Å². The molecule has 17 heavy (non-hydrogen) atoms. The van der Waals surface area contributed by atoms with Crippen LogP contribution >= 0.6 is 22.6 Å². The van der Waals surface area contributed by atoms with Crippen LogP contribution in [-0.4, -0.2) is 0 Å². The molecule has 0 aliphatic carbocycles. The largest absolute Gasteiger partial charge is 0.488 e. The maximum atomic E-state index is 5.80. The van der Waals surface area contributed by atoms with E-state index < -0.39 is 0 Å². The van der Waals surface area contributed by atoms with Crippen molar-refractivity contribution in [2.45, 2.75) is 13.2 Å². The maximum absolute atomic E-state index is 5.80. The van der Waals surface area contributed by atoms with E-state index in [1.54, 1.807) is 0 Å². The first-order chi connectivity index (χ1) is 8.31. The average Bonchev–Trinajstić information content (AvgIpc) is 2.38. The Morgan fingerprint density at radius 1 is 0.941 bits per heavy atom. The molecule has 0 spiro atoms. The number of benzene rings is 2. The number of hydrogen-bond donors (Lipinski definition) is 1. The number of rotatable bonds is 4. The highest BCUT2D eigenvalue weighted by atomic mass is 127. The minimum Gasteiger partial charge on any atom is -0.488 e. The lowest BCUT2D eigenvalue weighted by Gasteiger charge is -2.10. The highest BCUT2D eigenvalue weighted by Gasteiger charge is 2.03. The van der Waals surface area contributed by atoms with E-state index in [1.807, 2.05) is 42.5 Å². The van der Waals surface area contributed by atoms with Gasteiger partial charge in [0.05, 0.1) is 3.57 Å².